The zero-order chi connectivity index (χ0) is 20.6. The van der Waals surface area contributed by atoms with E-state index < -0.39 is 17.2 Å². The van der Waals surface area contributed by atoms with E-state index in [9.17, 15) is 19.5 Å². The highest BCUT2D eigenvalue weighted by Crippen LogP contribution is 2.23. The number of nitrogens with zero attached hydrogens (tertiary/aromatic N) is 4. The predicted molar refractivity (Wildman–Crippen MR) is 116 cm³/mol. The Bertz CT molecular complexity index is 1240. The molecule has 0 aliphatic carbocycles. The topological polar surface area (TPSA) is 128 Å². The summed E-state index contributed by atoms with van der Waals surface area (Å²) in [5.41, 5.74) is 2.22. The summed E-state index contributed by atoms with van der Waals surface area (Å²) >= 11 is 4.03. The lowest BCUT2D eigenvalue weighted by molar-refractivity contribution is -0.659. The van der Waals surface area contributed by atoms with Crippen molar-refractivity contribution in [1.82, 2.24) is 19.5 Å². The van der Waals surface area contributed by atoms with Crippen LogP contribution in [-0.2, 0) is 25.4 Å². The van der Waals surface area contributed by atoms with Gasteiger partial charge in [-0.1, -0.05) is 5.75 Å². The Hall–Kier alpha value is -2.23. The number of aryl methyl sites for hydroxylation is 1. The van der Waals surface area contributed by atoms with E-state index in [0.717, 1.165) is 8.14 Å². The summed E-state index contributed by atoms with van der Waals surface area (Å²) in [6, 6.07) is 3.42. The van der Waals surface area contributed by atoms with Crippen LogP contribution in [0, 0.1) is 7.14 Å². The first-order valence-electron chi connectivity index (χ1n) is 7.85. The molecule has 0 unspecified atom stereocenters. The van der Waals surface area contributed by atoms with Crippen LogP contribution in [0.15, 0.2) is 33.2 Å². The van der Waals surface area contributed by atoms with Crippen molar-refractivity contribution in [3.8, 4) is 5.75 Å². The van der Waals surface area contributed by atoms with Crippen LogP contribution in [0.3, 0.4) is 0 Å². The van der Waals surface area contributed by atoms with Gasteiger partial charge in [-0.05, 0) is 62.9 Å². The van der Waals surface area contributed by atoms with Gasteiger partial charge < -0.3 is 5.11 Å². The van der Waals surface area contributed by atoms with Gasteiger partial charge in [-0.3, -0.25) is 18.7 Å². The summed E-state index contributed by atoms with van der Waals surface area (Å²) in [6.45, 7) is -0.196. The summed E-state index contributed by atoms with van der Waals surface area (Å²) in [6.07, 6.45) is 2.72. The van der Waals surface area contributed by atoms with Crippen LogP contribution in [0.2, 0.25) is 0 Å². The van der Waals surface area contributed by atoms with E-state index in [-0.39, 0.29) is 17.8 Å². The first-order valence-corrected chi connectivity index (χ1v) is 10.0. The van der Waals surface area contributed by atoms with E-state index in [2.05, 4.69) is 38.1 Å². The van der Waals surface area contributed by atoms with Crippen molar-refractivity contribution in [2.24, 2.45) is 19.2 Å². The summed E-state index contributed by atoms with van der Waals surface area (Å²) in [7, 11) is 2.90. The van der Waals surface area contributed by atoms with Gasteiger partial charge in [-0.2, -0.15) is 5.10 Å². The predicted octanol–water partition coefficient (Wildman–Crippen LogP) is -0.714. The zero-order valence-corrected chi connectivity index (χ0v) is 19.0. The zero-order valence-electron chi connectivity index (χ0n) is 14.7. The lowest BCUT2D eigenvalue weighted by Crippen LogP contribution is -2.46. The number of carbonyl (C=O) groups is 1. The quantitative estimate of drug-likeness (QED) is 0.176. The molecule has 0 bridgehead atoms. The normalized spacial score (nSPS) is 11.4. The molecule has 3 rings (SSSR count). The molecule has 2 N–H and O–H groups in total. The third-order valence-corrected chi connectivity index (χ3v) is 5.45. The fourth-order valence-electron chi connectivity index (χ4n) is 2.62. The Morgan fingerprint density at radius 3 is 2.75 bits per heavy atom. The second kappa shape index (κ2) is 8.02. The van der Waals surface area contributed by atoms with Gasteiger partial charge in [0, 0.05) is 21.2 Å². The summed E-state index contributed by atoms with van der Waals surface area (Å²) in [5.74, 6) is -0.666. The molecule has 1 aromatic carbocycles. The number of fused-ring (bicyclic) bond motifs is 1. The number of carbonyl (C=O) groups excluding carboxylic acids is 1. The SMILES string of the molecule is Cn1c(=O)c2c([nH]c[n+]2CC(=O)NN=Cc2cc(I)cc(I)c2[O-])n(C)c1=O. The van der Waals surface area contributed by atoms with E-state index in [1.54, 1.807) is 12.1 Å². The maximum absolute atomic E-state index is 12.4. The van der Waals surface area contributed by atoms with Gasteiger partial charge in [0.1, 0.15) is 0 Å². The molecule has 28 heavy (non-hydrogen) atoms. The van der Waals surface area contributed by atoms with Gasteiger partial charge in [-0.25, -0.2) is 19.8 Å². The molecule has 0 saturated heterocycles. The number of H-pyrrole nitrogens is 1. The molecule has 3 aromatic rings. The molecule has 10 nitrogen and oxygen atoms in total. The van der Waals surface area contributed by atoms with Crippen molar-refractivity contribution >= 4 is 68.5 Å². The number of hydrogen-bond donors (Lipinski definition) is 2. The Kier molecular flexibility index (Phi) is 5.87. The maximum Gasteiger partial charge on any atom is 0.333 e. The molecule has 0 aliphatic heterocycles. The number of benzene rings is 1. The number of amides is 1. The number of imidazole rings is 1. The van der Waals surface area contributed by atoms with Crippen molar-refractivity contribution in [3.05, 3.63) is 52.0 Å². The second-order valence-corrected chi connectivity index (χ2v) is 8.31. The number of nitrogens with one attached hydrogen (secondary N) is 2. The van der Waals surface area contributed by atoms with E-state index in [1.807, 2.05) is 22.6 Å². The van der Waals surface area contributed by atoms with Gasteiger partial charge in [-0.15, -0.1) is 0 Å². The van der Waals surface area contributed by atoms with Gasteiger partial charge in [0.15, 0.2) is 6.54 Å². The minimum atomic E-state index is -0.514. The Labute approximate surface area is 185 Å². The number of rotatable bonds is 4. The average Bonchev–Trinajstić information content (AvgIpc) is 3.05. The molecule has 2 heterocycles. The molecule has 0 spiro atoms. The monoisotopic (exact) mass is 608 g/mol. The molecule has 12 heteroatoms. The fourth-order valence-corrected chi connectivity index (χ4v) is 4.51. The largest absolute Gasteiger partial charge is 0.871 e. The van der Waals surface area contributed by atoms with Crippen LogP contribution in [0.1, 0.15) is 5.56 Å². The van der Waals surface area contributed by atoms with Crippen LogP contribution < -0.4 is 26.3 Å². The van der Waals surface area contributed by atoms with Crippen molar-refractivity contribution < 1.29 is 14.5 Å². The minimum Gasteiger partial charge on any atom is -0.871 e. The molecule has 1 amide bonds. The highest BCUT2D eigenvalue weighted by Gasteiger charge is 2.21. The van der Waals surface area contributed by atoms with Crippen LogP contribution in [-0.4, -0.2) is 26.2 Å². The molecule has 146 valence electrons. The van der Waals surface area contributed by atoms with Gasteiger partial charge in [0.25, 0.3) is 17.1 Å². The molecule has 0 fully saturated rings. The first-order chi connectivity index (χ1) is 13.2. The smallest absolute Gasteiger partial charge is 0.333 e. The van der Waals surface area contributed by atoms with Crippen LogP contribution in [0.4, 0.5) is 0 Å². The molecule has 0 saturated carbocycles. The third kappa shape index (κ3) is 3.82. The summed E-state index contributed by atoms with van der Waals surface area (Å²) in [4.78, 5) is 39.4. The third-order valence-electron chi connectivity index (χ3n) is 4.03. The molecular formula is C16H14I2N6O4. The molecular weight excluding hydrogens is 594 g/mol. The second-order valence-electron chi connectivity index (χ2n) is 5.90. The lowest BCUT2D eigenvalue weighted by atomic mass is 10.2. The first kappa shape index (κ1) is 20.5. The van der Waals surface area contributed by atoms with Crippen LogP contribution in [0.5, 0.6) is 5.75 Å². The highest BCUT2D eigenvalue weighted by atomic mass is 127. The van der Waals surface area contributed by atoms with Gasteiger partial charge >= 0.3 is 11.2 Å². The highest BCUT2D eigenvalue weighted by molar-refractivity contribution is 14.1. The summed E-state index contributed by atoms with van der Waals surface area (Å²) < 4.78 is 5.10. The summed E-state index contributed by atoms with van der Waals surface area (Å²) in [5, 5.41) is 15.9. The minimum absolute atomic E-state index is 0.172. The maximum atomic E-state index is 12.4. The number of hydrazone groups is 1. The average molecular weight is 608 g/mol. The van der Waals surface area contributed by atoms with Gasteiger partial charge in [0.05, 0.1) is 6.21 Å². The van der Waals surface area contributed by atoms with Crippen molar-refractivity contribution in [2.45, 2.75) is 6.54 Å². The number of hydrogen-bond acceptors (Lipinski definition) is 5. The number of halogens is 2. The van der Waals surface area contributed by atoms with E-state index in [1.165, 1.54) is 35.8 Å². The Morgan fingerprint density at radius 1 is 1.32 bits per heavy atom. The molecule has 2 aromatic heterocycles. The molecule has 0 aliphatic rings. The fraction of sp³-hybridized carbons (Fsp3) is 0.188. The van der Waals surface area contributed by atoms with Crippen molar-refractivity contribution in [3.63, 3.8) is 0 Å². The number of aromatic nitrogens is 4. The van der Waals surface area contributed by atoms with E-state index >= 15 is 0 Å². The van der Waals surface area contributed by atoms with Crippen LogP contribution in [0.25, 0.3) is 11.2 Å². The van der Waals surface area contributed by atoms with E-state index in [0.29, 0.717) is 14.8 Å². The molecule has 0 radical (unpaired) electrons. The van der Waals surface area contributed by atoms with Crippen LogP contribution >= 0.6 is 45.2 Å². The number of aromatic amines is 1. The molecule has 0 atom stereocenters. The Morgan fingerprint density at radius 2 is 2.04 bits per heavy atom. The van der Waals surface area contributed by atoms with Crippen molar-refractivity contribution in [1.29, 1.82) is 0 Å². The lowest BCUT2D eigenvalue weighted by Gasteiger charge is -2.12. The Balaban J connectivity index is 1.81. The van der Waals surface area contributed by atoms with Crippen molar-refractivity contribution in [2.75, 3.05) is 0 Å². The standard InChI is InChI=1S/C16H14I2N6O4/c1-22-14-12(15(27)23(2)16(22)28)24(7-19-14)6-11(25)21-20-5-8-3-9(17)4-10(18)13(8)26/h3-5,7H,6H2,1-2H3,(H2,20,21,25,26). The van der Waals surface area contributed by atoms with E-state index in [4.69, 9.17) is 0 Å². The van der Waals surface area contributed by atoms with Gasteiger partial charge in [0.2, 0.25) is 6.33 Å².